The molecule has 3 aromatic rings. The summed E-state index contributed by atoms with van der Waals surface area (Å²) in [5.41, 5.74) is 6.31. The van der Waals surface area contributed by atoms with Gasteiger partial charge in [-0.2, -0.15) is 0 Å². The fourth-order valence-electron chi connectivity index (χ4n) is 1.57. The molecule has 5 nitrogen and oxygen atoms in total. The van der Waals surface area contributed by atoms with Crippen molar-refractivity contribution in [3.05, 3.63) is 40.8 Å². The predicted molar refractivity (Wildman–Crippen MR) is 65.8 cm³/mol. The highest BCUT2D eigenvalue weighted by Gasteiger charge is 2.12. The normalized spacial score (nSPS) is 10.8. The molecule has 3 rings (SSSR count). The first kappa shape index (κ1) is 9.98. The number of nitrogens with two attached hydrogens (primary N) is 1. The van der Waals surface area contributed by atoms with Gasteiger partial charge in [0, 0.05) is 0 Å². The lowest BCUT2D eigenvalue weighted by atomic mass is 10.2. The third kappa shape index (κ3) is 1.58. The van der Waals surface area contributed by atoms with E-state index in [9.17, 15) is 4.79 Å². The van der Waals surface area contributed by atoms with Gasteiger partial charge in [-0.15, -0.1) is 10.2 Å². The van der Waals surface area contributed by atoms with Gasteiger partial charge in [0.25, 0.3) is 0 Å². The summed E-state index contributed by atoms with van der Waals surface area (Å²) < 4.78 is 5.39. The zero-order chi connectivity index (χ0) is 11.8. The van der Waals surface area contributed by atoms with E-state index in [4.69, 9.17) is 10.2 Å². The molecule has 0 unspecified atom stereocenters. The van der Waals surface area contributed by atoms with Crippen LogP contribution in [0.25, 0.3) is 21.5 Å². The van der Waals surface area contributed by atoms with Gasteiger partial charge >= 0.3 is 0 Å². The number of para-hydroxylation sites is 1. The van der Waals surface area contributed by atoms with Crippen molar-refractivity contribution in [1.82, 2.24) is 10.2 Å². The number of hydrogen-bond donors (Lipinski definition) is 1. The highest BCUT2D eigenvalue weighted by Crippen LogP contribution is 2.23. The molecule has 2 N–H and O–H groups in total. The van der Waals surface area contributed by atoms with E-state index in [1.165, 1.54) is 6.26 Å². The number of nitrogens with zero attached hydrogens (tertiary/aromatic N) is 2. The van der Waals surface area contributed by atoms with E-state index in [1.54, 1.807) is 18.2 Å². The molecule has 0 atom stereocenters. The first-order valence-corrected chi connectivity index (χ1v) is 5.67. The molecule has 0 fully saturated rings. The maximum Gasteiger partial charge on any atom is 0.203 e. The fourth-order valence-corrected chi connectivity index (χ4v) is 2.18. The molecule has 0 saturated heterocycles. The molecule has 0 aliphatic rings. The molecule has 2 aromatic heterocycles. The van der Waals surface area contributed by atoms with E-state index in [0.29, 0.717) is 26.7 Å². The zero-order valence-electron chi connectivity index (χ0n) is 8.58. The van der Waals surface area contributed by atoms with Crippen LogP contribution in [0.3, 0.4) is 0 Å². The molecule has 0 radical (unpaired) electrons. The maximum atomic E-state index is 12.2. The standard InChI is InChI=1S/C11H7N3O2S/c12-11-14-13-10(17-11)7-5-16-8-4-2-1-3-6(8)9(7)15/h1-5H,(H2,12,14). The topological polar surface area (TPSA) is 82.0 Å². The van der Waals surface area contributed by atoms with Gasteiger partial charge in [-0.1, -0.05) is 23.5 Å². The zero-order valence-corrected chi connectivity index (χ0v) is 9.40. The molecule has 84 valence electrons. The lowest BCUT2D eigenvalue weighted by Gasteiger charge is -1.97. The number of rotatable bonds is 1. The van der Waals surface area contributed by atoms with Crippen LogP contribution in [0.1, 0.15) is 0 Å². The van der Waals surface area contributed by atoms with Crippen LogP contribution in [-0.2, 0) is 0 Å². The van der Waals surface area contributed by atoms with Crippen LogP contribution in [0.15, 0.2) is 39.7 Å². The fraction of sp³-hybridized carbons (Fsp3) is 0. The first-order chi connectivity index (χ1) is 8.25. The van der Waals surface area contributed by atoms with Gasteiger partial charge in [0.1, 0.15) is 11.8 Å². The molecule has 0 saturated carbocycles. The van der Waals surface area contributed by atoms with Gasteiger partial charge in [0.15, 0.2) is 5.01 Å². The van der Waals surface area contributed by atoms with Crippen LogP contribution in [0.2, 0.25) is 0 Å². The second kappa shape index (κ2) is 3.67. The highest BCUT2D eigenvalue weighted by atomic mass is 32.1. The minimum atomic E-state index is -0.122. The SMILES string of the molecule is Nc1nnc(-c2coc3ccccc3c2=O)s1. The summed E-state index contributed by atoms with van der Waals surface area (Å²) in [4.78, 5) is 12.2. The van der Waals surface area contributed by atoms with Gasteiger partial charge in [-0.25, -0.2) is 0 Å². The maximum absolute atomic E-state index is 12.2. The van der Waals surface area contributed by atoms with E-state index in [1.807, 2.05) is 6.07 Å². The highest BCUT2D eigenvalue weighted by molar-refractivity contribution is 7.18. The summed E-state index contributed by atoms with van der Waals surface area (Å²) in [6.07, 6.45) is 1.39. The molecule has 0 bridgehead atoms. The van der Waals surface area contributed by atoms with Crippen molar-refractivity contribution in [2.24, 2.45) is 0 Å². The Morgan fingerprint density at radius 2 is 2.06 bits per heavy atom. The number of benzene rings is 1. The number of anilines is 1. The Bertz CT molecular complexity index is 748. The Morgan fingerprint density at radius 1 is 1.24 bits per heavy atom. The summed E-state index contributed by atoms with van der Waals surface area (Å²) in [6.45, 7) is 0. The Labute approximate surface area is 99.5 Å². The quantitative estimate of drug-likeness (QED) is 0.708. The smallest absolute Gasteiger partial charge is 0.203 e. The number of nitrogen functional groups attached to an aromatic ring is 1. The van der Waals surface area contributed by atoms with Gasteiger partial charge in [0.2, 0.25) is 10.6 Å². The first-order valence-electron chi connectivity index (χ1n) is 4.85. The minimum Gasteiger partial charge on any atom is -0.463 e. The summed E-state index contributed by atoms with van der Waals surface area (Å²) in [5, 5.41) is 8.84. The van der Waals surface area contributed by atoms with E-state index in [-0.39, 0.29) is 5.43 Å². The second-order valence-electron chi connectivity index (χ2n) is 3.42. The number of fused-ring (bicyclic) bond motifs is 1. The summed E-state index contributed by atoms with van der Waals surface area (Å²) in [5.74, 6) is 0. The van der Waals surface area contributed by atoms with Crippen molar-refractivity contribution >= 4 is 27.4 Å². The molecule has 1 aromatic carbocycles. The lowest BCUT2D eigenvalue weighted by Crippen LogP contribution is -2.04. The minimum absolute atomic E-state index is 0.122. The van der Waals surface area contributed by atoms with Crippen molar-refractivity contribution in [1.29, 1.82) is 0 Å². The van der Waals surface area contributed by atoms with E-state index < -0.39 is 0 Å². The third-order valence-electron chi connectivity index (χ3n) is 2.35. The molecular weight excluding hydrogens is 238 g/mol. The van der Waals surface area contributed by atoms with Gasteiger partial charge < -0.3 is 10.2 Å². The third-order valence-corrected chi connectivity index (χ3v) is 3.14. The summed E-state index contributed by atoms with van der Waals surface area (Å²) in [6, 6.07) is 7.06. The van der Waals surface area contributed by atoms with Gasteiger partial charge in [-0.05, 0) is 12.1 Å². The van der Waals surface area contributed by atoms with E-state index in [2.05, 4.69) is 10.2 Å². The van der Waals surface area contributed by atoms with Gasteiger partial charge in [-0.3, -0.25) is 4.79 Å². The molecule has 0 aliphatic carbocycles. The molecule has 0 spiro atoms. The Morgan fingerprint density at radius 3 is 2.82 bits per heavy atom. The van der Waals surface area contributed by atoms with Crippen LogP contribution in [0, 0.1) is 0 Å². The van der Waals surface area contributed by atoms with Crippen molar-refractivity contribution in [2.75, 3.05) is 5.73 Å². The van der Waals surface area contributed by atoms with Crippen LogP contribution >= 0.6 is 11.3 Å². The lowest BCUT2D eigenvalue weighted by molar-refractivity contribution is 0.604. The molecule has 0 aliphatic heterocycles. The van der Waals surface area contributed by atoms with Crippen molar-refractivity contribution in [3.8, 4) is 10.6 Å². The number of hydrogen-bond acceptors (Lipinski definition) is 6. The average molecular weight is 245 g/mol. The average Bonchev–Trinajstić information content (AvgIpc) is 2.77. The van der Waals surface area contributed by atoms with Crippen LogP contribution in [-0.4, -0.2) is 10.2 Å². The second-order valence-corrected chi connectivity index (χ2v) is 4.43. The van der Waals surface area contributed by atoms with E-state index in [0.717, 1.165) is 11.3 Å². The van der Waals surface area contributed by atoms with Crippen molar-refractivity contribution in [2.45, 2.75) is 0 Å². The largest absolute Gasteiger partial charge is 0.463 e. The van der Waals surface area contributed by atoms with Crippen molar-refractivity contribution < 1.29 is 4.42 Å². The van der Waals surface area contributed by atoms with Crippen molar-refractivity contribution in [3.63, 3.8) is 0 Å². The monoisotopic (exact) mass is 245 g/mol. The molecule has 2 heterocycles. The van der Waals surface area contributed by atoms with E-state index >= 15 is 0 Å². The number of aromatic nitrogens is 2. The Balaban J connectivity index is 2.32. The molecule has 6 heteroatoms. The molecular formula is C11H7N3O2S. The van der Waals surface area contributed by atoms with Crippen LogP contribution in [0.4, 0.5) is 5.13 Å². The Kier molecular flexibility index (Phi) is 2.15. The predicted octanol–water partition coefficient (Wildman–Crippen LogP) is 1.89. The van der Waals surface area contributed by atoms with Crippen LogP contribution in [0.5, 0.6) is 0 Å². The van der Waals surface area contributed by atoms with Crippen LogP contribution < -0.4 is 11.2 Å². The molecule has 17 heavy (non-hydrogen) atoms. The summed E-state index contributed by atoms with van der Waals surface area (Å²) >= 11 is 1.16. The molecule has 0 amide bonds. The Hall–Kier alpha value is -2.21. The van der Waals surface area contributed by atoms with Gasteiger partial charge in [0.05, 0.1) is 10.9 Å². The summed E-state index contributed by atoms with van der Waals surface area (Å²) in [7, 11) is 0.